The molecule has 0 aromatic carbocycles. The number of nitrogens with zero attached hydrogens (tertiary/aromatic N) is 2. The van der Waals surface area contributed by atoms with Crippen LogP contribution in [-0.2, 0) is 0 Å². The minimum Gasteiger partial charge on any atom is -0.382 e. The molecule has 1 aliphatic heterocycles. The van der Waals surface area contributed by atoms with Crippen molar-refractivity contribution in [2.24, 2.45) is 0 Å². The first-order valence-corrected chi connectivity index (χ1v) is 7.30. The van der Waals surface area contributed by atoms with E-state index in [2.05, 4.69) is 44.2 Å². The maximum Gasteiger partial charge on any atom is 0.0450 e. The molecule has 18 heavy (non-hydrogen) atoms. The first-order chi connectivity index (χ1) is 8.92. The third-order valence-electron chi connectivity index (χ3n) is 3.41. The number of rotatable bonds is 3. The molecule has 0 radical (unpaired) electrons. The average Bonchev–Trinajstić information content (AvgIpc) is 2.94. The van der Waals surface area contributed by atoms with Gasteiger partial charge in [-0.15, -0.1) is 0 Å². The van der Waals surface area contributed by atoms with Crippen LogP contribution in [-0.4, -0.2) is 24.1 Å². The molecule has 4 heteroatoms. The van der Waals surface area contributed by atoms with Crippen molar-refractivity contribution in [3.63, 3.8) is 0 Å². The second-order valence-electron chi connectivity index (χ2n) is 4.62. The summed E-state index contributed by atoms with van der Waals surface area (Å²) in [5, 5.41) is 7.90. The summed E-state index contributed by atoms with van der Waals surface area (Å²) in [5.74, 6) is 0. The fourth-order valence-electron chi connectivity index (χ4n) is 2.42. The number of piperidine rings is 1. The van der Waals surface area contributed by atoms with Crippen molar-refractivity contribution in [3.8, 4) is 0 Å². The van der Waals surface area contributed by atoms with Crippen LogP contribution >= 0.6 is 11.3 Å². The zero-order valence-electron chi connectivity index (χ0n) is 10.2. The van der Waals surface area contributed by atoms with Gasteiger partial charge >= 0.3 is 0 Å². The van der Waals surface area contributed by atoms with Crippen molar-refractivity contribution in [3.05, 3.63) is 41.4 Å². The van der Waals surface area contributed by atoms with Gasteiger partial charge in [-0.25, -0.2) is 0 Å². The molecular formula is C14H17N3S. The van der Waals surface area contributed by atoms with Gasteiger partial charge in [0, 0.05) is 48.3 Å². The summed E-state index contributed by atoms with van der Waals surface area (Å²) in [7, 11) is 0. The molecule has 0 amide bonds. The van der Waals surface area contributed by atoms with Gasteiger partial charge in [-0.2, -0.15) is 11.3 Å². The quantitative estimate of drug-likeness (QED) is 0.917. The molecule has 0 unspecified atom stereocenters. The second-order valence-corrected chi connectivity index (χ2v) is 5.40. The molecule has 3 rings (SSSR count). The van der Waals surface area contributed by atoms with Crippen LogP contribution in [0.25, 0.3) is 0 Å². The zero-order valence-corrected chi connectivity index (χ0v) is 11.1. The lowest BCUT2D eigenvalue weighted by Gasteiger charge is -2.34. The summed E-state index contributed by atoms with van der Waals surface area (Å²) in [6, 6.07) is 6.94. The SMILES string of the molecule is c1cc(N2CCC(Nc3ccsc3)CC2)ccn1. The topological polar surface area (TPSA) is 28.2 Å². The third kappa shape index (κ3) is 2.64. The highest BCUT2D eigenvalue weighted by Gasteiger charge is 2.19. The summed E-state index contributed by atoms with van der Waals surface area (Å²) in [5.41, 5.74) is 2.56. The van der Waals surface area contributed by atoms with Crippen LogP contribution in [0.4, 0.5) is 11.4 Å². The first kappa shape index (κ1) is 11.5. The summed E-state index contributed by atoms with van der Waals surface area (Å²) < 4.78 is 0. The predicted octanol–water partition coefficient (Wildman–Crippen LogP) is 3.22. The van der Waals surface area contributed by atoms with E-state index in [1.807, 2.05) is 12.4 Å². The van der Waals surface area contributed by atoms with Gasteiger partial charge in [0.15, 0.2) is 0 Å². The summed E-state index contributed by atoms with van der Waals surface area (Å²) in [4.78, 5) is 6.51. The zero-order chi connectivity index (χ0) is 12.2. The van der Waals surface area contributed by atoms with E-state index in [9.17, 15) is 0 Å². The van der Waals surface area contributed by atoms with Gasteiger partial charge in [0.25, 0.3) is 0 Å². The lowest BCUT2D eigenvalue weighted by atomic mass is 10.0. The Balaban J connectivity index is 1.55. The molecular weight excluding hydrogens is 242 g/mol. The van der Waals surface area contributed by atoms with Crippen LogP contribution in [0.5, 0.6) is 0 Å². The molecule has 2 aromatic heterocycles. The van der Waals surface area contributed by atoms with E-state index in [1.165, 1.54) is 24.2 Å². The van der Waals surface area contributed by atoms with Gasteiger partial charge in [-0.05, 0) is 36.4 Å². The van der Waals surface area contributed by atoms with E-state index in [1.54, 1.807) is 11.3 Å². The number of thiophene rings is 1. The number of hydrogen-bond acceptors (Lipinski definition) is 4. The Morgan fingerprint density at radius 1 is 1.17 bits per heavy atom. The summed E-state index contributed by atoms with van der Waals surface area (Å²) in [6.07, 6.45) is 6.12. The molecule has 1 aliphatic rings. The Hall–Kier alpha value is -1.55. The number of aromatic nitrogens is 1. The van der Waals surface area contributed by atoms with Crippen LogP contribution < -0.4 is 10.2 Å². The smallest absolute Gasteiger partial charge is 0.0450 e. The molecule has 0 spiro atoms. The van der Waals surface area contributed by atoms with Crippen LogP contribution in [0.2, 0.25) is 0 Å². The molecule has 1 saturated heterocycles. The molecule has 0 bridgehead atoms. The van der Waals surface area contributed by atoms with Crippen molar-refractivity contribution < 1.29 is 0 Å². The van der Waals surface area contributed by atoms with Crippen LogP contribution in [0.1, 0.15) is 12.8 Å². The molecule has 0 saturated carbocycles. The normalized spacial score (nSPS) is 16.8. The molecule has 94 valence electrons. The van der Waals surface area contributed by atoms with Crippen LogP contribution in [0.15, 0.2) is 41.4 Å². The highest BCUT2D eigenvalue weighted by Crippen LogP contribution is 2.22. The van der Waals surface area contributed by atoms with Gasteiger partial charge < -0.3 is 10.2 Å². The predicted molar refractivity (Wildman–Crippen MR) is 77.4 cm³/mol. The monoisotopic (exact) mass is 259 g/mol. The van der Waals surface area contributed by atoms with Crippen LogP contribution in [0.3, 0.4) is 0 Å². The first-order valence-electron chi connectivity index (χ1n) is 6.35. The minimum atomic E-state index is 0.609. The average molecular weight is 259 g/mol. The maximum absolute atomic E-state index is 4.07. The van der Waals surface area contributed by atoms with Gasteiger partial charge in [0.1, 0.15) is 0 Å². The Morgan fingerprint density at radius 3 is 2.61 bits per heavy atom. The molecule has 2 aromatic rings. The second kappa shape index (κ2) is 5.40. The summed E-state index contributed by atoms with van der Waals surface area (Å²) >= 11 is 1.75. The Bertz CT molecular complexity index is 461. The van der Waals surface area contributed by atoms with E-state index < -0.39 is 0 Å². The van der Waals surface area contributed by atoms with Gasteiger partial charge in [-0.3, -0.25) is 4.98 Å². The van der Waals surface area contributed by atoms with Crippen molar-refractivity contribution in [1.82, 2.24) is 4.98 Å². The standard InChI is InChI=1S/C14H17N3S/c1-6-15-7-2-14(1)17-8-3-12(4-9-17)16-13-5-10-18-11-13/h1-2,5-7,10-12,16H,3-4,8-9H2. The lowest BCUT2D eigenvalue weighted by molar-refractivity contribution is 0.527. The number of nitrogens with one attached hydrogen (secondary N) is 1. The molecule has 3 heterocycles. The van der Waals surface area contributed by atoms with E-state index in [-0.39, 0.29) is 0 Å². The van der Waals surface area contributed by atoms with E-state index in [0.717, 1.165) is 13.1 Å². The molecule has 1 fully saturated rings. The fourth-order valence-corrected chi connectivity index (χ4v) is 3.02. The van der Waals surface area contributed by atoms with Gasteiger partial charge in [-0.1, -0.05) is 0 Å². The van der Waals surface area contributed by atoms with E-state index in [4.69, 9.17) is 0 Å². The number of pyridine rings is 1. The van der Waals surface area contributed by atoms with Gasteiger partial charge in [0.05, 0.1) is 0 Å². The number of anilines is 2. The van der Waals surface area contributed by atoms with Gasteiger partial charge in [0.2, 0.25) is 0 Å². The molecule has 1 N–H and O–H groups in total. The Kier molecular flexibility index (Phi) is 3.46. The van der Waals surface area contributed by atoms with Crippen molar-refractivity contribution >= 4 is 22.7 Å². The lowest BCUT2D eigenvalue weighted by Crippen LogP contribution is -2.39. The van der Waals surface area contributed by atoms with Crippen molar-refractivity contribution in [2.75, 3.05) is 23.3 Å². The van der Waals surface area contributed by atoms with Crippen molar-refractivity contribution in [1.29, 1.82) is 0 Å². The minimum absolute atomic E-state index is 0.609. The number of hydrogen-bond donors (Lipinski definition) is 1. The van der Waals surface area contributed by atoms with Crippen molar-refractivity contribution in [2.45, 2.75) is 18.9 Å². The fraction of sp³-hybridized carbons (Fsp3) is 0.357. The summed E-state index contributed by atoms with van der Waals surface area (Å²) in [6.45, 7) is 2.23. The highest BCUT2D eigenvalue weighted by molar-refractivity contribution is 7.08. The Labute approximate surface area is 111 Å². The van der Waals surface area contributed by atoms with Crippen LogP contribution in [0, 0.1) is 0 Å². The molecule has 3 nitrogen and oxygen atoms in total. The molecule has 0 aliphatic carbocycles. The molecule has 0 atom stereocenters. The Morgan fingerprint density at radius 2 is 1.94 bits per heavy atom. The maximum atomic E-state index is 4.07. The van der Waals surface area contributed by atoms with E-state index in [0.29, 0.717) is 6.04 Å². The third-order valence-corrected chi connectivity index (χ3v) is 4.10. The largest absolute Gasteiger partial charge is 0.382 e. The highest BCUT2D eigenvalue weighted by atomic mass is 32.1. The van der Waals surface area contributed by atoms with E-state index >= 15 is 0 Å².